The molecule has 0 saturated carbocycles. The molecule has 2 rings (SSSR count). The highest BCUT2D eigenvalue weighted by atomic mass is 16.5. The number of amides is 1. The van der Waals surface area contributed by atoms with Crippen molar-refractivity contribution in [3.8, 4) is 0 Å². The van der Waals surface area contributed by atoms with Gasteiger partial charge >= 0.3 is 5.97 Å². The maximum Gasteiger partial charge on any atom is 0.311 e. The van der Waals surface area contributed by atoms with Crippen molar-refractivity contribution in [2.75, 3.05) is 18.6 Å². The number of esters is 1. The second-order valence-corrected chi connectivity index (χ2v) is 4.16. The summed E-state index contributed by atoms with van der Waals surface area (Å²) in [6, 6.07) is 0. The van der Waals surface area contributed by atoms with Crippen LogP contribution in [0.25, 0.3) is 0 Å². The molecule has 1 unspecified atom stereocenters. The highest BCUT2D eigenvalue weighted by molar-refractivity contribution is 5.98. The van der Waals surface area contributed by atoms with Gasteiger partial charge in [0.05, 0.1) is 13.0 Å². The number of nitrogens with zero attached hydrogens (tertiary/aromatic N) is 4. The van der Waals surface area contributed by atoms with Crippen molar-refractivity contribution < 1.29 is 14.3 Å². The standard InChI is InChI=1S/C11H14N4O3/c1-6-12-7(2)14-11(13-6)15-5-8(4-9(15)16)10(17)18-3/h8H,4-5H2,1-3H3. The Morgan fingerprint density at radius 1 is 1.28 bits per heavy atom. The van der Waals surface area contributed by atoms with Crippen LogP contribution in [-0.2, 0) is 14.3 Å². The number of anilines is 1. The predicted octanol–water partition coefficient (Wildman–Crippen LogP) is 0.0143. The van der Waals surface area contributed by atoms with E-state index in [-0.39, 0.29) is 24.8 Å². The van der Waals surface area contributed by atoms with Crippen molar-refractivity contribution in [3.63, 3.8) is 0 Å². The van der Waals surface area contributed by atoms with E-state index in [1.165, 1.54) is 12.0 Å². The number of aromatic nitrogens is 3. The van der Waals surface area contributed by atoms with Gasteiger partial charge in [0.1, 0.15) is 11.6 Å². The summed E-state index contributed by atoms with van der Waals surface area (Å²) < 4.78 is 4.64. The zero-order valence-electron chi connectivity index (χ0n) is 10.5. The first-order valence-electron chi connectivity index (χ1n) is 5.58. The van der Waals surface area contributed by atoms with Crippen molar-refractivity contribution in [1.29, 1.82) is 0 Å². The number of carbonyl (C=O) groups is 2. The first-order valence-corrected chi connectivity index (χ1v) is 5.58. The fourth-order valence-corrected chi connectivity index (χ4v) is 1.94. The second kappa shape index (κ2) is 4.67. The van der Waals surface area contributed by atoms with Crippen molar-refractivity contribution in [3.05, 3.63) is 11.6 Å². The summed E-state index contributed by atoms with van der Waals surface area (Å²) in [5, 5.41) is 0. The Kier molecular flexibility index (Phi) is 3.22. The number of carbonyl (C=O) groups excluding carboxylic acids is 2. The summed E-state index contributed by atoms with van der Waals surface area (Å²) in [5.74, 6) is 0.402. The molecule has 1 saturated heterocycles. The normalized spacial score (nSPS) is 19.2. The van der Waals surface area contributed by atoms with Crippen LogP contribution in [0.2, 0.25) is 0 Å². The Hall–Kier alpha value is -2.05. The highest BCUT2D eigenvalue weighted by Gasteiger charge is 2.37. The zero-order chi connectivity index (χ0) is 13.3. The van der Waals surface area contributed by atoms with Crippen LogP contribution in [-0.4, -0.2) is 40.5 Å². The van der Waals surface area contributed by atoms with Crippen LogP contribution < -0.4 is 4.90 Å². The lowest BCUT2D eigenvalue weighted by atomic mass is 10.1. The summed E-state index contributed by atoms with van der Waals surface area (Å²) >= 11 is 0. The molecule has 0 N–H and O–H groups in total. The maximum atomic E-state index is 11.8. The van der Waals surface area contributed by atoms with Gasteiger partial charge in [-0.3, -0.25) is 14.5 Å². The molecule has 0 aromatic carbocycles. The molecule has 1 amide bonds. The van der Waals surface area contributed by atoms with E-state index in [1.807, 2.05) is 0 Å². The zero-order valence-corrected chi connectivity index (χ0v) is 10.5. The number of ether oxygens (including phenoxy) is 1. The van der Waals surface area contributed by atoms with E-state index in [2.05, 4.69) is 19.7 Å². The Bertz CT molecular complexity index is 483. The van der Waals surface area contributed by atoms with E-state index < -0.39 is 5.92 Å². The number of aryl methyl sites for hydroxylation is 2. The minimum absolute atomic E-state index is 0.135. The molecule has 7 heteroatoms. The largest absolute Gasteiger partial charge is 0.469 e. The molecule has 1 atom stereocenters. The molecule has 1 aliphatic rings. The summed E-state index contributed by atoms with van der Waals surface area (Å²) in [6.07, 6.45) is 0.135. The first kappa shape index (κ1) is 12.4. The van der Waals surface area contributed by atoms with Crippen LogP contribution in [0.4, 0.5) is 5.95 Å². The number of methoxy groups -OCH3 is 1. The molecule has 1 fully saturated rings. The van der Waals surface area contributed by atoms with Gasteiger partial charge in [0.15, 0.2) is 0 Å². The molecule has 18 heavy (non-hydrogen) atoms. The smallest absolute Gasteiger partial charge is 0.311 e. The fraction of sp³-hybridized carbons (Fsp3) is 0.545. The van der Waals surface area contributed by atoms with Gasteiger partial charge in [0.25, 0.3) is 0 Å². The first-order chi connectivity index (χ1) is 8.51. The SMILES string of the molecule is COC(=O)C1CC(=O)N(c2nc(C)nc(C)n2)C1. The van der Waals surface area contributed by atoms with E-state index in [0.29, 0.717) is 17.6 Å². The molecule has 0 aliphatic carbocycles. The van der Waals surface area contributed by atoms with E-state index in [9.17, 15) is 9.59 Å². The molecule has 1 aliphatic heterocycles. The van der Waals surface area contributed by atoms with E-state index >= 15 is 0 Å². The van der Waals surface area contributed by atoms with Crippen molar-refractivity contribution in [2.24, 2.45) is 5.92 Å². The third-order valence-electron chi connectivity index (χ3n) is 2.75. The quantitative estimate of drug-likeness (QED) is 0.687. The van der Waals surface area contributed by atoms with E-state index in [1.54, 1.807) is 13.8 Å². The molecule has 96 valence electrons. The summed E-state index contributed by atoms with van der Waals surface area (Å²) in [7, 11) is 1.31. The molecule has 1 aromatic rings. The van der Waals surface area contributed by atoms with E-state index in [0.717, 1.165) is 0 Å². The molecule has 2 heterocycles. The van der Waals surface area contributed by atoms with Gasteiger partial charge in [-0.05, 0) is 13.8 Å². The van der Waals surface area contributed by atoms with Crippen molar-refractivity contribution in [2.45, 2.75) is 20.3 Å². The lowest BCUT2D eigenvalue weighted by molar-refractivity contribution is -0.145. The van der Waals surface area contributed by atoms with Gasteiger partial charge in [0.2, 0.25) is 11.9 Å². The van der Waals surface area contributed by atoms with Gasteiger partial charge < -0.3 is 4.74 Å². The van der Waals surface area contributed by atoms with Gasteiger partial charge in [-0.25, -0.2) is 4.98 Å². The molecule has 0 radical (unpaired) electrons. The Balaban J connectivity index is 2.24. The Morgan fingerprint density at radius 2 is 1.89 bits per heavy atom. The lowest BCUT2D eigenvalue weighted by Crippen LogP contribution is -2.28. The van der Waals surface area contributed by atoms with Crippen LogP contribution in [0.1, 0.15) is 18.1 Å². The third kappa shape index (κ3) is 2.29. The monoisotopic (exact) mass is 250 g/mol. The van der Waals surface area contributed by atoms with Gasteiger partial charge in [-0.1, -0.05) is 0 Å². The number of hydrogen-bond donors (Lipinski definition) is 0. The Morgan fingerprint density at radius 3 is 2.44 bits per heavy atom. The summed E-state index contributed by atoms with van der Waals surface area (Å²) in [4.78, 5) is 37.0. The topological polar surface area (TPSA) is 85.3 Å². The molecule has 0 spiro atoms. The lowest BCUT2D eigenvalue weighted by Gasteiger charge is -2.14. The molecular formula is C11H14N4O3. The molecule has 0 bridgehead atoms. The van der Waals surface area contributed by atoms with Gasteiger partial charge in [-0.2, -0.15) is 9.97 Å². The minimum Gasteiger partial charge on any atom is -0.469 e. The fourth-order valence-electron chi connectivity index (χ4n) is 1.94. The van der Waals surface area contributed by atoms with Crippen LogP contribution in [0.5, 0.6) is 0 Å². The third-order valence-corrected chi connectivity index (χ3v) is 2.75. The predicted molar refractivity (Wildman–Crippen MR) is 61.8 cm³/mol. The van der Waals surface area contributed by atoms with Crippen molar-refractivity contribution >= 4 is 17.8 Å². The average molecular weight is 250 g/mol. The number of hydrogen-bond acceptors (Lipinski definition) is 6. The summed E-state index contributed by atoms with van der Waals surface area (Å²) in [6.45, 7) is 3.72. The van der Waals surface area contributed by atoms with Gasteiger partial charge in [-0.15, -0.1) is 0 Å². The molecule has 1 aromatic heterocycles. The molecular weight excluding hydrogens is 236 g/mol. The number of rotatable bonds is 2. The van der Waals surface area contributed by atoms with Crippen LogP contribution in [0.15, 0.2) is 0 Å². The van der Waals surface area contributed by atoms with Gasteiger partial charge in [0, 0.05) is 13.0 Å². The highest BCUT2D eigenvalue weighted by Crippen LogP contribution is 2.23. The van der Waals surface area contributed by atoms with Crippen LogP contribution >= 0.6 is 0 Å². The van der Waals surface area contributed by atoms with Crippen molar-refractivity contribution in [1.82, 2.24) is 15.0 Å². The maximum absolute atomic E-state index is 11.8. The van der Waals surface area contributed by atoms with Crippen LogP contribution in [0.3, 0.4) is 0 Å². The van der Waals surface area contributed by atoms with E-state index in [4.69, 9.17) is 0 Å². The van der Waals surface area contributed by atoms with Crippen LogP contribution in [0, 0.1) is 19.8 Å². The summed E-state index contributed by atoms with van der Waals surface area (Å²) in [5.41, 5.74) is 0. The minimum atomic E-state index is -0.445. The second-order valence-electron chi connectivity index (χ2n) is 4.16. The Labute approximate surface area is 104 Å². The average Bonchev–Trinajstić information content (AvgIpc) is 2.69. The molecule has 7 nitrogen and oxygen atoms in total.